The lowest BCUT2D eigenvalue weighted by atomic mass is 10.1. The molecular weight excluding hydrogens is 319 g/mol. The molecule has 3 aromatic rings. The summed E-state index contributed by atoms with van der Waals surface area (Å²) >= 11 is 6.20. The topological polar surface area (TPSA) is 59.8 Å². The van der Waals surface area contributed by atoms with Crippen LogP contribution in [0.5, 0.6) is 0 Å². The number of nitrogens with one attached hydrogen (secondary N) is 1. The molecule has 23 heavy (non-hydrogen) atoms. The SMILES string of the molecule is O=C(Cc1cccc(F)c1)Nc1cccc(Cl)c1-n1cncn1. The van der Waals surface area contributed by atoms with Gasteiger partial charge in [0.05, 0.1) is 17.1 Å². The van der Waals surface area contributed by atoms with E-state index in [0.717, 1.165) is 0 Å². The van der Waals surface area contributed by atoms with Gasteiger partial charge in [-0.15, -0.1) is 0 Å². The summed E-state index contributed by atoms with van der Waals surface area (Å²) in [5, 5.41) is 7.23. The molecule has 2 aromatic carbocycles. The van der Waals surface area contributed by atoms with Gasteiger partial charge in [0, 0.05) is 0 Å². The smallest absolute Gasteiger partial charge is 0.228 e. The van der Waals surface area contributed by atoms with Crippen LogP contribution in [0.15, 0.2) is 55.1 Å². The van der Waals surface area contributed by atoms with Crippen LogP contribution in [0.3, 0.4) is 0 Å². The predicted octanol–water partition coefficient (Wildman–Crippen LogP) is 3.24. The molecule has 0 spiro atoms. The van der Waals surface area contributed by atoms with Crippen molar-refractivity contribution in [2.24, 2.45) is 0 Å². The lowest BCUT2D eigenvalue weighted by molar-refractivity contribution is -0.115. The average Bonchev–Trinajstić information content (AvgIpc) is 3.01. The number of hydrogen-bond donors (Lipinski definition) is 1. The van der Waals surface area contributed by atoms with Gasteiger partial charge in [0.1, 0.15) is 24.2 Å². The second-order valence-electron chi connectivity index (χ2n) is 4.83. The van der Waals surface area contributed by atoms with Crippen molar-refractivity contribution < 1.29 is 9.18 Å². The van der Waals surface area contributed by atoms with E-state index in [1.807, 2.05) is 0 Å². The molecule has 0 saturated carbocycles. The molecule has 0 fully saturated rings. The van der Waals surface area contributed by atoms with Gasteiger partial charge in [0.2, 0.25) is 5.91 Å². The van der Waals surface area contributed by atoms with Gasteiger partial charge < -0.3 is 5.32 Å². The van der Waals surface area contributed by atoms with Crippen LogP contribution in [-0.2, 0) is 11.2 Å². The summed E-state index contributed by atoms with van der Waals surface area (Å²) in [5.41, 5.74) is 1.62. The molecule has 1 aromatic heterocycles. The maximum Gasteiger partial charge on any atom is 0.228 e. The van der Waals surface area contributed by atoms with E-state index in [9.17, 15) is 9.18 Å². The molecule has 1 N–H and O–H groups in total. The number of aromatic nitrogens is 3. The quantitative estimate of drug-likeness (QED) is 0.799. The zero-order chi connectivity index (χ0) is 16.2. The minimum absolute atomic E-state index is 0.0566. The highest BCUT2D eigenvalue weighted by atomic mass is 35.5. The van der Waals surface area contributed by atoms with Crippen molar-refractivity contribution in [2.45, 2.75) is 6.42 Å². The number of hydrogen-bond acceptors (Lipinski definition) is 3. The third-order valence-corrected chi connectivity index (χ3v) is 3.47. The third kappa shape index (κ3) is 3.54. The number of nitrogens with zero attached hydrogens (tertiary/aromatic N) is 3. The van der Waals surface area contributed by atoms with Crippen molar-refractivity contribution in [2.75, 3.05) is 5.32 Å². The summed E-state index contributed by atoms with van der Waals surface area (Å²) < 4.78 is 14.7. The summed E-state index contributed by atoms with van der Waals surface area (Å²) in [6, 6.07) is 11.1. The largest absolute Gasteiger partial charge is 0.324 e. The van der Waals surface area contributed by atoms with Gasteiger partial charge >= 0.3 is 0 Å². The Morgan fingerprint density at radius 1 is 1.26 bits per heavy atom. The van der Waals surface area contributed by atoms with E-state index < -0.39 is 0 Å². The summed E-state index contributed by atoms with van der Waals surface area (Å²) in [7, 11) is 0. The van der Waals surface area contributed by atoms with Crippen molar-refractivity contribution in [3.63, 3.8) is 0 Å². The van der Waals surface area contributed by atoms with E-state index in [2.05, 4.69) is 15.4 Å². The van der Waals surface area contributed by atoms with Crippen LogP contribution in [0, 0.1) is 5.82 Å². The Morgan fingerprint density at radius 2 is 2.09 bits per heavy atom. The van der Waals surface area contributed by atoms with Gasteiger partial charge in [-0.3, -0.25) is 4.79 Å². The molecule has 3 rings (SSSR count). The van der Waals surface area contributed by atoms with Gasteiger partial charge in [-0.05, 0) is 29.8 Å². The standard InChI is InChI=1S/C16H12ClFN4O/c17-13-5-2-6-14(16(13)22-10-19-9-20-22)21-15(23)8-11-3-1-4-12(18)7-11/h1-7,9-10H,8H2,(H,21,23). The molecule has 0 atom stereocenters. The Hall–Kier alpha value is -2.73. The zero-order valence-corrected chi connectivity index (χ0v) is 12.7. The van der Waals surface area contributed by atoms with E-state index in [-0.39, 0.29) is 18.1 Å². The van der Waals surface area contributed by atoms with E-state index in [1.54, 1.807) is 30.3 Å². The molecule has 0 radical (unpaired) electrons. The molecule has 0 unspecified atom stereocenters. The van der Waals surface area contributed by atoms with Crippen LogP contribution < -0.4 is 5.32 Å². The lowest BCUT2D eigenvalue weighted by Gasteiger charge is -2.12. The average molecular weight is 331 g/mol. The molecular formula is C16H12ClFN4O. The van der Waals surface area contributed by atoms with Gasteiger partial charge in [0.15, 0.2) is 0 Å². The predicted molar refractivity (Wildman–Crippen MR) is 85.1 cm³/mol. The molecule has 116 valence electrons. The summed E-state index contributed by atoms with van der Waals surface area (Å²) in [6.07, 6.45) is 2.92. The van der Waals surface area contributed by atoms with Gasteiger partial charge in [0.25, 0.3) is 0 Å². The first-order chi connectivity index (χ1) is 11.1. The summed E-state index contributed by atoms with van der Waals surface area (Å²) in [5.74, 6) is -0.652. The number of amides is 1. The highest BCUT2D eigenvalue weighted by Crippen LogP contribution is 2.27. The first kappa shape index (κ1) is 15.2. The number of para-hydroxylation sites is 1. The Morgan fingerprint density at radius 3 is 2.83 bits per heavy atom. The molecule has 1 heterocycles. The maximum atomic E-state index is 13.2. The fourth-order valence-electron chi connectivity index (χ4n) is 2.20. The first-order valence-electron chi connectivity index (χ1n) is 6.81. The zero-order valence-electron chi connectivity index (χ0n) is 11.9. The Labute approximate surface area is 136 Å². The van der Waals surface area contributed by atoms with Crippen molar-refractivity contribution in [1.82, 2.24) is 14.8 Å². The van der Waals surface area contributed by atoms with Crippen LogP contribution in [0.2, 0.25) is 5.02 Å². The maximum absolute atomic E-state index is 13.2. The minimum Gasteiger partial charge on any atom is -0.324 e. The van der Waals surface area contributed by atoms with E-state index in [1.165, 1.54) is 29.5 Å². The molecule has 7 heteroatoms. The van der Waals surface area contributed by atoms with Crippen LogP contribution in [0.1, 0.15) is 5.56 Å². The number of benzene rings is 2. The molecule has 1 amide bonds. The number of halogens is 2. The van der Waals surface area contributed by atoms with E-state index in [4.69, 9.17) is 11.6 Å². The van der Waals surface area contributed by atoms with Gasteiger partial charge in [-0.2, -0.15) is 5.10 Å². The van der Waals surface area contributed by atoms with E-state index in [0.29, 0.717) is 22.0 Å². The molecule has 0 saturated heterocycles. The minimum atomic E-state index is -0.374. The number of carbonyl (C=O) groups is 1. The second-order valence-corrected chi connectivity index (χ2v) is 5.24. The molecule has 0 aliphatic carbocycles. The van der Waals surface area contributed by atoms with E-state index >= 15 is 0 Å². The summed E-state index contributed by atoms with van der Waals surface area (Å²) in [6.45, 7) is 0. The third-order valence-electron chi connectivity index (χ3n) is 3.16. The molecule has 0 bridgehead atoms. The summed E-state index contributed by atoms with van der Waals surface area (Å²) in [4.78, 5) is 16.1. The number of carbonyl (C=O) groups excluding carboxylic acids is 1. The van der Waals surface area contributed by atoms with Gasteiger partial charge in [-0.25, -0.2) is 14.1 Å². The highest BCUT2D eigenvalue weighted by molar-refractivity contribution is 6.33. The first-order valence-corrected chi connectivity index (χ1v) is 7.19. The molecule has 0 aliphatic rings. The van der Waals surface area contributed by atoms with Crippen molar-refractivity contribution in [3.8, 4) is 5.69 Å². The Balaban J connectivity index is 1.83. The molecule has 0 aliphatic heterocycles. The number of anilines is 1. The van der Waals surface area contributed by atoms with Crippen LogP contribution in [-0.4, -0.2) is 20.7 Å². The number of rotatable bonds is 4. The van der Waals surface area contributed by atoms with Crippen molar-refractivity contribution in [3.05, 3.63) is 71.5 Å². The van der Waals surface area contributed by atoms with Crippen molar-refractivity contribution in [1.29, 1.82) is 0 Å². The Kier molecular flexibility index (Phi) is 4.34. The van der Waals surface area contributed by atoms with Crippen LogP contribution in [0.4, 0.5) is 10.1 Å². The van der Waals surface area contributed by atoms with Crippen molar-refractivity contribution >= 4 is 23.2 Å². The Bertz CT molecular complexity index is 836. The monoisotopic (exact) mass is 330 g/mol. The highest BCUT2D eigenvalue weighted by Gasteiger charge is 2.13. The fourth-order valence-corrected chi connectivity index (χ4v) is 2.46. The fraction of sp³-hybridized carbons (Fsp3) is 0.0625. The van der Waals surface area contributed by atoms with Gasteiger partial charge in [-0.1, -0.05) is 29.8 Å². The lowest BCUT2D eigenvalue weighted by Crippen LogP contribution is -2.16. The van der Waals surface area contributed by atoms with Crippen LogP contribution >= 0.6 is 11.6 Å². The normalized spacial score (nSPS) is 10.5. The molecule has 5 nitrogen and oxygen atoms in total. The second kappa shape index (κ2) is 6.58. The van der Waals surface area contributed by atoms with Crippen LogP contribution in [0.25, 0.3) is 5.69 Å².